The van der Waals surface area contributed by atoms with Gasteiger partial charge in [0.25, 0.3) is 0 Å². The standard InChI is InChI=1S/C29H33F2NO3/c1-2-34-27-6-3-4-7-28(27)35-21-5-18-32-19-16-24(17-20-32)29(33,22-8-12-25(30)13-9-22)23-10-14-26(31)15-11-23/h3-4,6-15,24,33H,2,5,16-21H2,1H3. The minimum absolute atomic E-state index is 0.0657. The van der Waals surface area contributed by atoms with Gasteiger partial charge in [0.1, 0.15) is 17.2 Å². The van der Waals surface area contributed by atoms with E-state index in [4.69, 9.17) is 9.47 Å². The smallest absolute Gasteiger partial charge is 0.161 e. The third-order valence-electron chi connectivity index (χ3n) is 6.77. The molecule has 3 aromatic carbocycles. The van der Waals surface area contributed by atoms with E-state index in [1.54, 1.807) is 24.3 Å². The first kappa shape index (κ1) is 25.1. The molecule has 0 unspecified atom stereocenters. The van der Waals surface area contributed by atoms with Crippen molar-refractivity contribution in [3.63, 3.8) is 0 Å². The minimum Gasteiger partial charge on any atom is -0.490 e. The maximum Gasteiger partial charge on any atom is 0.161 e. The van der Waals surface area contributed by atoms with Crippen molar-refractivity contribution in [1.29, 1.82) is 0 Å². The molecule has 0 radical (unpaired) electrons. The molecule has 1 aliphatic rings. The lowest BCUT2D eigenvalue weighted by molar-refractivity contribution is -0.0147. The Hall–Kier alpha value is -2.96. The second-order valence-electron chi connectivity index (χ2n) is 8.98. The van der Waals surface area contributed by atoms with Gasteiger partial charge in [0.15, 0.2) is 11.5 Å². The third kappa shape index (κ3) is 6.00. The predicted octanol–water partition coefficient (Wildman–Crippen LogP) is 5.78. The first-order valence-electron chi connectivity index (χ1n) is 12.3. The van der Waals surface area contributed by atoms with Crippen LogP contribution in [0.15, 0.2) is 72.8 Å². The molecule has 4 nitrogen and oxygen atoms in total. The van der Waals surface area contributed by atoms with Crippen LogP contribution in [0, 0.1) is 17.6 Å². The molecular weight excluding hydrogens is 448 g/mol. The minimum atomic E-state index is -1.31. The Bertz CT molecular complexity index is 1020. The first-order valence-corrected chi connectivity index (χ1v) is 12.3. The van der Waals surface area contributed by atoms with E-state index in [1.165, 1.54) is 24.3 Å². The topological polar surface area (TPSA) is 41.9 Å². The van der Waals surface area contributed by atoms with Crippen LogP contribution >= 0.6 is 0 Å². The van der Waals surface area contributed by atoms with Gasteiger partial charge < -0.3 is 19.5 Å². The van der Waals surface area contributed by atoms with E-state index < -0.39 is 5.60 Å². The molecule has 4 rings (SSSR count). The van der Waals surface area contributed by atoms with Crippen molar-refractivity contribution < 1.29 is 23.4 Å². The number of para-hydroxylation sites is 2. The molecule has 1 saturated heterocycles. The molecule has 6 heteroatoms. The second kappa shape index (κ2) is 11.6. The van der Waals surface area contributed by atoms with Crippen LogP contribution in [-0.2, 0) is 5.60 Å². The highest BCUT2D eigenvalue weighted by atomic mass is 19.1. The van der Waals surface area contributed by atoms with Crippen LogP contribution in [0.1, 0.15) is 37.3 Å². The van der Waals surface area contributed by atoms with E-state index in [2.05, 4.69) is 4.90 Å². The molecule has 0 atom stereocenters. The Balaban J connectivity index is 1.36. The normalized spacial score (nSPS) is 15.2. The highest BCUT2D eigenvalue weighted by molar-refractivity contribution is 5.39. The zero-order chi connectivity index (χ0) is 24.7. The number of ether oxygens (including phenoxy) is 2. The summed E-state index contributed by atoms with van der Waals surface area (Å²) in [5.74, 6) is 0.754. The average Bonchev–Trinajstić information content (AvgIpc) is 2.88. The highest BCUT2D eigenvalue weighted by Crippen LogP contribution is 2.42. The fraction of sp³-hybridized carbons (Fsp3) is 0.379. The Labute approximate surface area is 206 Å². The van der Waals surface area contributed by atoms with Gasteiger partial charge in [-0.2, -0.15) is 0 Å². The molecule has 0 spiro atoms. The maximum atomic E-state index is 13.6. The quantitative estimate of drug-likeness (QED) is 0.373. The zero-order valence-corrected chi connectivity index (χ0v) is 20.1. The van der Waals surface area contributed by atoms with Crippen LogP contribution in [0.3, 0.4) is 0 Å². The van der Waals surface area contributed by atoms with E-state index in [9.17, 15) is 13.9 Å². The van der Waals surface area contributed by atoms with Crippen LogP contribution in [0.4, 0.5) is 8.78 Å². The number of halogens is 2. The van der Waals surface area contributed by atoms with Gasteiger partial charge in [-0.25, -0.2) is 8.78 Å². The number of aliphatic hydroxyl groups is 1. The van der Waals surface area contributed by atoms with E-state index in [0.29, 0.717) is 24.3 Å². The molecule has 1 aliphatic heterocycles. The number of piperidine rings is 1. The van der Waals surface area contributed by atoms with Crippen molar-refractivity contribution in [1.82, 2.24) is 4.90 Å². The van der Waals surface area contributed by atoms with Gasteiger partial charge in [-0.1, -0.05) is 36.4 Å². The van der Waals surface area contributed by atoms with Crippen molar-refractivity contribution in [2.45, 2.75) is 31.8 Å². The fourth-order valence-corrected chi connectivity index (χ4v) is 4.93. The summed E-state index contributed by atoms with van der Waals surface area (Å²) in [6, 6.07) is 19.7. The van der Waals surface area contributed by atoms with Crippen LogP contribution < -0.4 is 9.47 Å². The largest absolute Gasteiger partial charge is 0.490 e. The molecule has 0 amide bonds. The van der Waals surface area contributed by atoms with Gasteiger partial charge in [0, 0.05) is 6.54 Å². The molecule has 186 valence electrons. The summed E-state index contributed by atoms with van der Waals surface area (Å²) in [6.45, 7) is 5.72. The fourth-order valence-electron chi connectivity index (χ4n) is 4.93. The zero-order valence-electron chi connectivity index (χ0n) is 20.1. The summed E-state index contributed by atoms with van der Waals surface area (Å²) in [5.41, 5.74) is -0.0461. The number of hydrogen-bond acceptors (Lipinski definition) is 4. The van der Waals surface area contributed by atoms with Crippen molar-refractivity contribution in [2.75, 3.05) is 32.8 Å². The highest BCUT2D eigenvalue weighted by Gasteiger charge is 2.41. The SMILES string of the molecule is CCOc1ccccc1OCCCN1CCC(C(O)(c2ccc(F)cc2)c2ccc(F)cc2)CC1. The molecule has 1 heterocycles. The number of rotatable bonds is 10. The van der Waals surface area contributed by atoms with Crippen molar-refractivity contribution in [3.8, 4) is 11.5 Å². The van der Waals surface area contributed by atoms with Crippen LogP contribution in [0.25, 0.3) is 0 Å². The molecule has 0 bridgehead atoms. The lowest BCUT2D eigenvalue weighted by atomic mass is 9.72. The van der Waals surface area contributed by atoms with Gasteiger partial charge in [0.05, 0.1) is 13.2 Å². The number of nitrogens with zero attached hydrogens (tertiary/aromatic N) is 1. The molecule has 35 heavy (non-hydrogen) atoms. The summed E-state index contributed by atoms with van der Waals surface area (Å²) < 4.78 is 38.7. The number of likely N-dealkylation sites (tertiary alicyclic amines) is 1. The summed E-state index contributed by atoms with van der Waals surface area (Å²) in [5, 5.41) is 12.0. The Morgan fingerprint density at radius 2 is 1.34 bits per heavy atom. The lowest BCUT2D eigenvalue weighted by Gasteiger charge is -2.42. The predicted molar refractivity (Wildman–Crippen MR) is 133 cm³/mol. The maximum absolute atomic E-state index is 13.6. The molecular formula is C29H33F2NO3. The average molecular weight is 482 g/mol. The van der Waals surface area contributed by atoms with Gasteiger partial charge in [-0.3, -0.25) is 0 Å². The first-order chi connectivity index (χ1) is 17.0. The van der Waals surface area contributed by atoms with Gasteiger partial charge in [0.2, 0.25) is 0 Å². The van der Waals surface area contributed by atoms with Crippen molar-refractivity contribution in [2.24, 2.45) is 5.92 Å². The third-order valence-corrected chi connectivity index (χ3v) is 6.77. The second-order valence-corrected chi connectivity index (χ2v) is 8.98. The molecule has 0 saturated carbocycles. The van der Waals surface area contributed by atoms with E-state index in [0.717, 1.165) is 50.4 Å². The summed E-state index contributed by atoms with van der Waals surface area (Å²) in [7, 11) is 0. The lowest BCUT2D eigenvalue weighted by Crippen LogP contribution is -2.44. The Kier molecular flexibility index (Phi) is 8.37. The van der Waals surface area contributed by atoms with E-state index in [1.807, 2.05) is 31.2 Å². The molecule has 1 N–H and O–H groups in total. The summed E-state index contributed by atoms with van der Waals surface area (Å²) in [6.07, 6.45) is 2.43. The van der Waals surface area contributed by atoms with Gasteiger partial charge in [-0.05, 0) is 92.7 Å². The Morgan fingerprint density at radius 1 is 0.829 bits per heavy atom. The van der Waals surface area contributed by atoms with Crippen molar-refractivity contribution >= 4 is 0 Å². The molecule has 0 aromatic heterocycles. The van der Waals surface area contributed by atoms with E-state index in [-0.39, 0.29) is 17.6 Å². The van der Waals surface area contributed by atoms with Crippen LogP contribution in [0.2, 0.25) is 0 Å². The number of hydrogen-bond donors (Lipinski definition) is 1. The van der Waals surface area contributed by atoms with Crippen molar-refractivity contribution in [3.05, 3.63) is 95.6 Å². The molecule has 0 aliphatic carbocycles. The van der Waals surface area contributed by atoms with Crippen LogP contribution in [-0.4, -0.2) is 42.9 Å². The molecule has 3 aromatic rings. The van der Waals surface area contributed by atoms with Gasteiger partial charge >= 0.3 is 0 Å². The molecule has 1 fully saturated rings. The van der Waals surface area contributed by atoms with Gasteiger partial charge in [-0.15, -0.1) is 0 Å². The number of benzene rings is 3. The summed E-state index contributed by atoms with van der Waals surface area (Å²) >= 11 is 0. The summed E-state index contributed by atoms with van der Waals surface area (Å²) in [4.78, 5) is 2.38. The van der Waals surface area contributed by atoms with Crippen LogP contribution in [0.5, 0.6) is 11.5 Å². The Morgan fingerprint density at radius 3 is 1.86 bits per heavy atom. The van der Waals surface area contributed by atoms with E-state index >= 15 is 0 Å². The monoisotopic (exact) mass is 481 g/mol.